The van der Waals surface area contributed by atoms with E-state index in [1.165, 1.54) is 6.08 Å². The van der Waals surface area contributed by atoms with Gasteiger partial charge in [-0.3, -0.25) is 28.5 Å². The third-order valence-corrected chi connectivity index (χ3v) is 5.05. The summed E-state index contributed by atoms with van der Waals surface area (Å²) < 4.78 is 34.8. The first kappa shape index (κ1) is 28.7. The van der Waals surface area contributed by atoms with Crippen LogP contribution in [0.2, 0.25) is 0 Å². The second-order valence-electron chi connectivity index (χ2n) is 7.03. The topological polar surface area (TPSA) is 194 Å². The Balaban J connectivity index is 2.61. The van der Waals surface area contributed by atoms with Gasteiger partial charge in [0.1, 0.15) is 6.61 Å². The molecule has 0 bridgehead atoms. The van der Waals surface area contributed by atoms with Crippen LogP contribution in [0.1, 0.15) is 38.5 Å². The van der Waals surface area contributed by atoms with Crippen molar-refractivity contribution in [3.8, 4) is 0 Å². The Kier molecular flexibility index (Phi) is 11.9. The first-order valence-corrected chi connectivity index (χ1v) is 11.9. The lowest BCUT2D eigenvalue weighted by atomic mass is 10.2. The van der Waals surface area contributed by atoms with Crippen molar-refractivity contribution >= 4 is 45.7 Å². The van der Waals surface area contributed by atoms with Gasteiger partial charge in [-0.2, -0.15) is 8.42 Å². The van der Waals surface area contributed by atoms with Crippen molar-refractivity contribution in [3.05, 3.63) is 12.7 Å². The lowest BCUT2D eigenvalue weighted by Crippen LogP contribution is -2.38. The number of hydrogen-bond donors (Lipinski definition) is 2. The van der Waals surface area contributed by atoms with Crippen LogP contribution < -0.4 is 5.32 Å². The molecule has 0 aliphatic carbocycles. The highest BCUT2D eigenvalue weighted by atomic mass is 32.2. The maximum Gasteiger partial charge on any atom is 0.334 e. The average molecular weight is 506 g/mol. The number of ether oxygens (including phenoxy) is 1. The van der Waals surface area contributed by atoms with E-state index in [1.54, 1.807) is 0 Å². The maximum atomic E-state index is 12.5. The molecule has 0 spiro atoms. The Bertz CT molecular complexity index is 900. The number of carbonyl (C=O) groups is 6. The van der Waals surface area contributed by atoms with Crippen molar-refractivity contribution in [2.75, 3.05) is 32.0 Å². The summed E-state index contributed by atoms with van der Waals surface area (Å²) in [6, 6.07) is 0. The molecule has 15 heteroatoms. The van der Waals surface area contributed by atoms with E-state index >= 15 is 0 Å². The fraction of sp³-hybridized carbons (Fsp3) is 0.579. The number of rotatable bonds is 15. The molecule has 4 amide bonds. The predicted molar refractivity (Wildman–Crippen MR) is 113 cm³/mol. The zero-order valence-corrected chi connectivity index (χ0v) is 19.2. The molecule has 34 heavy (non-hydrogen) atoms. The predicted octanol–water partition coefficient (Wildman–Crippen LogP) is -1.28. The number of esters is 1. The highest BCUT2D eigenvalue weighted by molar-refractivity contribution is 7.85. The van der Waals surface area contributed by atoms with Gasteiger partial charge in [-0.25, -0.2) is 4.79 Å². The summed E-state index contributed by atoms with van der Waals surface area (Å²) in [6.45, 7) is 2.66. The van der Waals surface area contributed by atoms with E-state index in [2.05, 4.69) is 11.9 Å². The molecular formula is C19H27N3O11S. The monoisotopic (exact) mass is 505 g/mol. The summed E-state index contributed by atoms with van der Waals surface area (Å²) in [4.78, 5) is 77.0. The summed E-state index contributed by atoms with van der Waals surface area (Å²) in [7, 11) is -4.25. The van der Waals surface area contributed by atoms with Crippen LogP contribution in [0.15, 0.2) is 12.7 Å². The molecule has 0 aromatic heterocycles. The molecule has 1 aliphatic rings. The Morgan fingerprint density at radius 2 is 1.62 bits per heavy atom. The molecule has 1 rings (SSSR count). The number of hydroxylamine groups is 2. The first-order chi connectivity index (χ1) is 15.9. The molecule has 1 fully saturated rings. The van der Waals surface area contributed by atoms with Gasteiger partial charge in [0, 0.05) is 45.3 Å². The van der Waals surface area contributed by atoms with Crippen molar-refractivity contribution in [1.82, 2.24) is 15.3 Å². The number of hydrogen-bond acceptors (Lipinski definition) is 10. The fourth-order valence-corrected chi connectivity index (χ4v) is 2.99. The molecule has 0 aromatic rings. The van der Waals surface area contributed by atoms with Gasteiger partial charge in [0.15, 0.2) is 0 Å². The summed E-state index contributed by atoms with van der Waals surface area (Å²) in [6.07, 6.45) is -0.0338. The van der Waals surface area contributed by atoms with Crippen LogP contribution >= 0.6 is 0 Å². The Morgan fingerprint density at radius 1 is 1.03 bits per heavy atom. The van der Waals surface area contributed by atoms with Crippen molar-refractivity contribution < 1.29 is 51.3 Å². The minimum Gasteiger partial charge on any atom is -0.461 e. The van der Waals surface area contributed by atoms with E-state index in [4.69, 9.17) is 14.1 Å². The molecule has 2 N–H and O–H groups in total. The van der Waals surface area contributed by atoms with Crippen molar-refractivity contribution in [2.24, 2.45) is 0 Å². The average Bonchev–Trinajstić information content (AvgIpc) is 3.07. The normalized spacial score (nSPS) is 13.4. The zero-order chi connectivity index (χ0) is 25.7. The molecule has 1 heterocycles. The van der Waals surface area contributed by atoms with E-state index in [1.807, 2.05) is 0 Å². The van der Waals surface area contributed by atoms with Gasteiger partial charge in [0.2, 0.25) is 11.8 Å². The van der Waals surface area contributed by atoms with Crippen molar-refractivity contribution in [1.29, 1.82) is 0 Å². The fourth-order valence-electron chi connectivity index (χ4n) is 2.63. The van der Waals surface area contributed by atoms with E-state index in [-0.39, 0.29) is 58.3 Å². The van der Waals surface area contributed by atoms with Gasteiger partial charge in [-0.1, -0.05) is 12.7 Å². The van der Waals surface area contributed by atoms with E-state index in [0.717, 1.165) is 4.90 Å². The maximum absolute atomic E-state index is 12.5. The Hall–Kier alpha value is -3.33. The number of nitrogens with zero attached hydrogens (tertiary/aromatic N) is 2. The molecule has 0 saturated carbocycles. The van der Waals surface area contributed by atoms with Crippen LogP contribution in [0.25, 0.3) is 0 Å². The third-order valence-electron chi connectivity index (χ3n) is 4.33. The quantitative estimate of drug-likeness (QED) is 0.116. The summed E-state index contributed by atoms with van der Waals surface area (Å²) in [5, 5.41) is 2.60. The number of carbonyl (C=O) groups excluding carboxylic acids is 6. The summed E-state index contributed by atoms with van der Waals surface area (Å²) >= 11 is 0. The number of amides is 4. The van der Waals surface area contributed by atoms with E-state index in [9.17, 15) is 37.2 Å². The second kappa shape index (κ2) is 14.0. The summed E-state index contributed by atoms with van der Waals surface area (Å²) in [5.74, 6) is -4.81. The lowest BCUT2D eigenvalue weighted by molar-refractivity contribution is -0.197. The minimum absolute atomic E-state index is 0.0271. The van der Waals surface area contributed by atoms with E-state index in [0.29, 0.717) is 5.06 Å². The Labute approximate surface area is 195 Å². The molecule has 1 saturated heterocycles. The third kappa shape index (κ3) is 11.5. The minimum atomic E-state index is -4.25. The van der Waals surface area contributed by atoms with Gasteiger partial charge in [-0.15, -0.1) is 5.06 Å². The molecule has 0 atom stereocenters. The van der Waals surface area contributed by atoms with Gasteiger partial charge in [-0.05, 0) is 0 Å². The van der Waals surface area contributed by atoms with Gasteiger partial charge < -0.3 is 19.8 Å². The van der Waals surface area contributed by atoms with Crippen molar-refractivity contribution in [2.45, 2.75) is 38.5 Å². The standard InChI is InChI=1S/C19H27N3O11S/c1-2-12-32-18(27)7-10-21(11-8-19(28)33-22-16(25)5-6-17(22)26)15(24)4-3-14(23)20-9-13-34(29,30)31/h2H,1,3-13H2,(H,20,23)(H,29,30,31). The second-order valence-corrected chi connectivity index (χ2v) is 8.61. The van der Waals surface area contributed by atoms with Crippen LogP contribution in [0.3, 0.4) is 0 Å². The van der Waals surface area contributed by atoms with Gasteiger partial charge >= 0.3 is 11.9 Å². The lowest BCUT2D eigenvalue weighted by Gasteiger charge is -2.22. The highest BCUT2D eigenvalue weighted by Crippen LogP contribution is 2.13. The zero-order valence-electron chi connectivity index (χ0n) is 18.4. The van der Waals surface area contributed by atoms with Crippen LogP contribution in [0.5, 0.6) is 0 Å². The SMILES string of the molecule is C=CCOC(=O)CCN(CCC(=O)ON1C(=O)CCC1=O)C(=O)CCC(=O)NCCS(=O)(=O)O. The van der Waals surface area contributed by atoms with Crippen LogP contribution in [-0.2, 0) is 48.5 Å². The largest absolute Gasteiger partial charge is 0.461 e. The molecule has 190 valence electrons. The first-order valence-electron chi connectivity index (χ1n) is 10.3. The summed E-state index contributed by atoms with van der Waals surface area (Å²) in [5.41, 5.74) is 0. The Morgan fingerprint density at radius 3 is 2.18 bits per heavy atom. The van der Waals surface area contributed by atoms with Crippen molar-refractivity contribution in [3.63, 3.8) is 0 Å². The molecule has 0 unspecified atom stereocenters. The molecule has 0 aromatic carbocycles. The van der Waals surface area contributed by atoms with Gasteiger partial charge in [0.05, 0.1) is 18.6 Å². The molecule has 14 nitrogen and oxygen atoms in total. The van der Waals surface area contributed by atoms with E-state index < -0.39 is 57.9 Å². The molecule has 0 radical (unpaired) electrons. The van der Waals surface area contributed by atoms with Gasteiger partial charge in [0.25, 0.3) is 21.9 Å². The van der Waals surface area contributed by atoms with Crippen LogP contribution in [0.4, 0.5) is 0 Å². The number of nitrogens with one attached hydrogen (secondary N) is 1. The molecular weight excluding hydrogens is 478 g/mol. The smallest absolute Gasteiger partial charge is 0.334 e. The molecule has 1 aliphatic heterocycles. The highest BCUT2D eigenvalue weighted by Gasteiger charge is 2.33. The van der Waals surface area contributed by atoms with Crippen LogP contribution in [-0.4, -0.2) is 90.5 Å². The van der Waals surface area contributed by atoms with Crippen LogP contribution in [0, 0.1) is 0 Å². The number of imide groups is 1.